The van der Waals surface area contributed by atoms with E-state index < -0.39 is 26.7 Å². The fourth-order valence-electron chi connectivity index (χ4n) is 3.56. The molecule has 4 rings (SSSR count). The molecule has 2 aromatic carbocycles. The minimum absolute atomic E-state index is 0.299. The molecule has 0 atom stereocenters. The van der Waals surface area contributed by atoms with Crippen LogP contribution in [0.2, 0.25) is 5.02 Å². The Labute approximate surface area is 183 Å². The Bertz CT molecular complexity index is 1140. The number of halogens is 3. The van der Waals surface area contributed by atoms with Gasteiger partial charge in [0.2, 0.25) is 0 Å². The van der Waals surface area contributed by atoms with Crippen LogP contribution in [0.1, 0.15) is 24.1 Å². The maximum atomic E-state index is 13.4. The molecule has 4 nitrogen and oxygen atoms in total. The van der Waals surface area contributed by atoms with Crippen molar-refractivity contribution >= 4 is 37.9 Å². The maximum absolute atomic E-state index is 13.4. The predicted octanol–water partition coefficient (Wildman–Crippen LogP) is 5.11. The Balaban J connectivity index is 1.40. The van der Waals surface area contributed by atoms with E-state index in [-0.39, 0.29) is 0 Å². The molecule has 30 heavy (non-hydrogen) atoms. The van der Waals surface area contributed by atoms with Crippen LogP contribution in [0.4, 0.5) is 13.9 Å². The van der Waals surface area contributed by atoms with Crippen molar-refractivity contribution in [3.63, 3.8) is 0 Å². The molecule has 0 N–H and O–H groups in total. The second-order valence-corrected chi connectivity index (χ2v) is 10.7. The number of piperidine rings is 1. The summed E-state index contributed by atoms with van der Waals surface area (Å²) in [5, 5.41) is 2.78. The van der Waals surface area contributed by atoms with Gasteiger partial charge in [-0.25, -0.2) is 22.2 Å². The molecule has 1 aliphatic heterocycles. The Morgan fingerprint density at radius 2 is 1.77 bits per heavy atom. The lowest BCUT2D eigenvalue weighted by atomic mass is 10.1. The molecule has 1 fully saturated rings. The second kappa shape index (κ2) is 8.61. The summed E-state index contributed by atoms with van der Waals surface area (Å²) >= 11 is 7.33. The van der Waals surface area contributed by atoms with Crippen molar-refractivity contribution in [2.45, 2.75) is 29.4 Å². The van der Waals surface area contributed by atoms with E-state index in [9.17, 15) is 17.2 Å². The van der Waals surface area contributed by atoms with Gasteiger partial charge in [0, 0.05) is 29.9 Å². The molecule has 2 heterocycles. The van der Waals surface area contributed by atoms with E-state index in [1.165, 1.54) is 17.4 Å². The van der Waals surface area contributed by atoms with Gasteiger partial charge in [-0.15, -0.1) is 11.3 Å². The summed E-state index contributed by atoms with van der Waals surface area (Å²) in [4.78, 5) is 6.98. The van der Waals surface area contributed by atoms with Crippen LogP contribution < -0.4 is 4.90 Å². The quantitative estimate of drug-likeness (QED) is 0.522. The number of benzene rings is 2. The Kier molecular flexibility index (Phi) is 6.09. The topological polar surface area (TPSA) is 50.3 Å². The summed E-state index contributed by atoms with van der Waals surface area (Å²) in [5.74, 6) is -1.74. The number of anilines is 1. The molecule has 0 aliphatic carbocycles. The molecule has 1 aliphatic rings. The summed E-state index contributed by atoms with van der Waals surface area (Å²) in [6.07, 6.45) is 1.45. The van der Waals surface area contributed by atoms with Gasteiger partial charge in [-0.2, -0.15) is 0 Å². The van der Waals surface area contributed by atoms with Crippen molar-refractivity contribution in [2.24, 2.45) is 0 Å². The number of hydrogen-bond acceptors (Lipinski definition) is 5. The highest BCUT2D eigenvalue weighted by atomic mass is 35.5. The number of nitrogens with zero attached hydrogens (tertiary/aromatic N) is 2. The van der Waals surface area contributed by atoms with Gasteiger partial charge in [-0.3, -0.25) is 0 Å². The highest BCUT2D eigenvalue weighted by Crippen LogP contribution is 2.30. The van der Waals surface area contributed by atoms with Gasteiger partial charge in [0.05, 0.1) is 15.8 Å². The zero-order valence-electron chi connectivity index (χ0n) is 15.9. The average Bonchev–Trinajstić information content (AvgIpc) is 3.20. The third-order valence-corrected chi connectivity index (χ3v) is 8.68. The Hall–Kier alpha value is -2.03. The smallest absolute Gasteiger partial charge is 0.185 e. The number of sulfone groups is 1. The van der Waals surface area contributed by atoms with E-state index in [2.05, 4.69) is 9.88 Å². The summed E-state index contributed by atoms with van der Waals surface area (Å²) < 4.78 is 52.2. The normalized spacial score (nSPS) is 15.5. The highest BCUT2D eigenvalue weighted by molar-refractivity contribution is 7.92. The van der Waals surface area contributed by atoms with Crippen molar-refractivity contribution in [3.05, 3.63) is 75.8 Å². The average molecular weight is 469 g/mol. The summed E-state index contributed by atoms with van der Waals surface area (Å²) in [5.41, 5.74) is 1.43. The van der Waals surface area contributed by atoms with Crippen molar-refractivity contribution < 1.29 is 17.2 Å². The molecular formula is C21H19ClF2N2O2S2. The first-order chi connectivity index (χ1) is 14.3. The van der Waals surface area contributed by atoms with Gasteiger partial charge in [0.15, 0.2) is 26.6 Å². The minimum atomic E-state index is -3.40. The van der Waals surface area contributed by atoms with E-state index >= 15 is 0 Å². The molecule has 3 aromatic rings. The zero-order chi connectivity index (χ0) is 21.3. The highest BCUT2D eigenvalue weighted by Gasteiger charge is 2.32. The summed E-state index contributed by atoms with van der Waals surface area (Å²) in [6.45, 7) is 1.19. The minimum Gasteiger partial charge on any atom is -0.348 e. The van der Waals surface area contributed by atoms with Gasteiger partial charge in [-0.05, 0) is 54.8 Å². The summed E-state index contributed by atoms with van der Waals surface area (Å²) in [7, 11) is -3.40. The Morgan fingerprint density at radius 3 is 2.43 bits per heavy atom. The van der Waals surface area contributed by atoms with E-state index in [1.54, 1.807) is 30.3 Å². The van der Waals surface area contributed by atoms with Crippen LogP contribution in [-0.2, 0) is 16.3 Å². The molecule has 9 heteroatoms. The van der Waals surface area contributed by atoms with Crippen LogP contribution in [0.25, 0.3) is 0 Å². The number of aromatic nitrogens is 1. The first kappa shape index (κ1) is 21.2. The van der Waals surface area contributed by atoms with Crippen LogP contribution in [0.3, 0.4) is 0 Å². The molecule has 158 valence electrons. The lowest BCUT2D eigenvalue weighted by molar-refractivity contribution is 0.507. The molecule has 0 bridgehead atoms. The first-order valence-corrected chi connectivity index (χ1v) is 12.3. The molecule has 0 unspecified atom stereocenters. The van der Waals surface area contributed by atoms with E-state index in [1.807, 2.05) is 5.38 Å². The molecular weight excluding hydrogens is 450 g/mol. The van der Waals surface area contributed by atoms with Crippen LogP contribution in [0, 0.1) is 11.6 Å². The largest absolute Gasteiger partial charge is 0.348 e. The lowest BCUT2D eigenvalue weighted by Gasteiger charge is -2.31. The van der Waals surface area contributed by atoms with Crippen LogP contribution in [-0.4, -0.2) is 31.7 Å². The van der Waals surface area contributed by atoms with Gasteiger partial charge in [0.25, 0.3) is 0 Å². The first-order valence-electron chi connectivity index (χ1n) is 9.45. The number of hydrogen-bond donors (Lipinski definition) is 0. The molecule has 0 amide bonds. The van der Waals surface area contributed by atoms with Crippen molar-refractivity contribution in [2.75, 3.05) is 18.0 Å². The monoisotopic (exact) mass is 468 g/mol. The zero-order valence-corrected chi connectivity index (χ0v) is 18.3. The molecule has 1 aromatic heterocycles. The standard InChI is InChI=1S/C21H19ClF2N2O2S2/c22-15-2-4-17(5-3-15)30(27,28)18-7-9-26(10-8-18)21-25-16(13-29-21)11-14-1-6-19(23)20(24)12-14/h1-6,12-13,18H,7-11H2. The second-order valence-electron chi connectivity index (χ2n) is 7.23. The van der Waals surface area contributed by atoms with Gasteiger partial charge in [0.1, 0.15) is 0 Å². The van der Waals surface area contributed by atoms with Gasteiger partial charge in [-0.1, -0.05) is 17.7 Å². The van der Waals surface area contributed by atoms with E-state index in [4.69, 9.17) is 11.6 Å². The number of rotatable bonds is 5. The van der Waals surface area contributed by atoms with Gasteiger partial charge < -0.3 is 4.90 Å². The van der Waals surface area contributed by atoms with Crippen molar-refractivity contribution in [3.8, 4) is 0 Å². The third kappa shape index (κ3) is 4.50. The van der Waals surface area contributed by atoms with Crippen LogP contribution >= 0.6 is 22.9 Å². The van der Waals surface area contributed by atoms with E-state index in [0.29, 0.717) is 47.8 Å². The van der Waals surface area contributed by atoms with Crippen molar-refractivity contribution in [1.82, 2.24) is 4.98 Å². The molecule has 0 radical (unpaired) electrons. The molecule has 0 saturated carbocycles. The fourth-order valence-corrected chi connectivity index (χ4v) is 6.29. The maximum Gasteiger partial charge on any atom is 0.185 e. The Morgan fingerprint density at radius 1 is 1.07 bits per heavy atom. The third-order valence-electron chi connectivity index (χ3n) is 5.20. The van der Waals surface area contributed by atoms with Crippen LogP contribution in [0.5, 0.6) is 0 Å². The predicted molar refractivity (Wildman–Crippen MR) is 115 cm³/mol. The van der Waals surface area contributed by atoms with Crippen LogP contribution in [0.15, 0.2) is 52.7 Å². The fraction of sp³-hybridized carbons (Fsp3) is 0.286. The SMILES string of the molecule is O=S(=O)(c1ccc(Cl)cc1)C1CCN(c2nc(Cc3ccc(F)c(F)c3)cs2)CC1. The summed E-state index contributed by atoms with van der Waals surface area (Å²) in [6, 6.07) is 10.1. The van der Waals surface area contributed by atoms with Crippen molar-refractivity contribution in [1.29, 1.82) is 0 Å². The molecule has 0 spiro atoms. The van der Waals surface area contributed by atoms with Gasteiger partial charge >= 0.3 is 0 Å². The lowest BCUT2D eigenvalue weighted by Crippen LogP contribution is -2.39. The van der Waals surface area contributed by atoms with E-state index in [0.717, 1.165) is 16.9 Å². The molecule has 1 saturated heterocycles. The number of thiazole rings is 1.